The van der Waals surface area contributed by atoms with E-state index < -0.39 is 0 Å². The van der Waals surface area contributed by atoms with Crippen LogP contribution in [0.15, 0.2) is 41.8 Å². The van der Waals surface area contributed by atoms with Gasteiger partial charge in [0, 0.05) is 36.7 Å². The first kappa shape index (κ1) is 24.3. The zero-order chi connectivity index (χ0) is 23.1. The molecule has 7 heteroatoms. The summed E-state index contributed by atoms with van der Waals surface area (Å²) in [6.07, 6.45) is 1.54. The number of rotatable bonds is 8. The van der Waals surface area contributed by atoms with Crippen molar-refractivity contribution in [3.8, 4) is 0 Å². The lowest BCUT2D eigenvalue weighted by molar-refractivity contribution is -0.134. The minimum atomic E-state index is -0.373. The van der Waals surface area contributed by atoms with Crippen molar-refractivity contribution < 1.29 is 14.3 Å². The molecule has 3 amide bonds. The lowest BCUT2D eigenvalue weighted by atomic mass is 9.93. The Morgan fingerprint density at radius 3 is 2.66 bits per heavy atom. The highest BCUT2D eigenvalue weighted by atomic mass is 32.1. The Hall–Kier alpha value is -2.38. The zero-order valence-corrected chi connectivity index (χ0v) is 20.4. The molecule has 2 aromatic rings. The number of hydrogen-bond acceptors (Lipinski definition) is 4. The summed E-state index contributed by atoms with van der Waals surface area (Å²) in [7, 11) is 0. The van der Waals surface area contributed by atoms with Gasteiger partial charge in [0.2, 0.25) is 5.91 Å². The number of benzene rings is 1. The van der Waals surface area contributed by atoms with Crippen LogP contribution in [0.2, 0.25) is 0 Å². The van der Waals surface area contributed by atoms with Gasteiger partial charge in [-0.3, -0.25) is 4.79 Å². The van der Waals surface area contributed by atoms with Crippen LogP contribution < -0.4 is 5.32 Å². The summed E-state index contributed by atoms with van der Waals surface area (Å²) in [5.41, 5.74) is 1.92. The topological polar surface area (TPSA) is 61.9 Å². The molecule has 0 spiro atoms. The molecule has 1 unspecified atom stereocenters. The van der Waals surface area contributed by atoms with Gasteiger partial charge in [-0.05, 0) is 63.1 Å². The van der Waals surface area contributed by atoms with Crippen LogP contribution in [0.3, 0.4) is 0 Å². The molecule has 0 saturated carbocycles. The van der Waals surface area contributed by atoms with Crippen molar-refractivity contribution in [1.82, 2.24) is 15.1 Å². The monoisotopic (exact) mass is 457 g/mol. The number of ether oxygens (including phenoxy) is 1. The minimum absolute atomic E-state index is 0.0313. The Morgan fingerprint density at radius 2 is 1.97 bits per heavy atom. The maximum Gasteiger partial charge on any atom is 0.318 e. The molecule has 1 aromatic carbocycles. The number of fused-ring (bicyclic) bond motifs is 1. The van der Waals surface area contributed by atoms with Crippen molar-refractivity contribution in [2.45, 2.75) is 52.1 Å². The fraction of sp³-hybridized carbons (Fsp3) is 0.520. The second-order valence-corrected chi connectivity index (χ2v) is 10.1. The maximum absolute atomic E-state index is 13.6. The van der Waals surface area contributed by atoms with Gasteiger partial charge in [0.05, 0.1) is 6.04 Å². The van der Waals surface area contributed by atoms with Gasteiger partial charge in [0.1, 0.15) is 6.54 Å². The molecule has 6 nitrogen and oxygen atoms in total. The number of nitrogens with one attached hydrogen (secondary N) is 1. The molecule has 1 aliphatic rings. The molecule has 1 aliphatic heterocycles. The van der Waals surface area contributed by atoms with Crippen molar-refractivity contribution >= 4 is 23.3 Å². The first-order chi connectivity index (χ1) is 15.3. The van der Waals surface area contributed by atoms with E-state index in [0.717, 1.165) is 12.0 Å². The largest absolute Gasteiger partial charge is 0.382 e. The van der Waals surface area contributed by atoms with Gasteiger partial charge in [-0.2, -0.15) is 0 Å². The Kier molecular flexibility index (Phi) is 8.32. The van der Waals surface area contributed by atoms with Gasteiger partial charge in [-0.25, -0.2) is 4.79 Å². The van der Waals surface area contributed by atoms with Crippen molar-refractivity contribution in [3.05, 3.63) is 57.8 Å². The predicted molar refractivity (Wildman–Crippen MR) is 129 cm³/mol. The second-order valence-electron chi connectivity index (χ2n) is 9.10. The molecule has 0 saturated heterocycles. The first-order valence-electron chi connectivity index (χ1n) is 11.4. The van der Waals surface area contributed by atoms with Crippen LogP contribution >= 0.6 is 11.3 Å². The van der Waals surface area contributed by atoms with Crippen molar-refractivity contribution in [3.63, 3.8) is 0 Å². The van der Waals surface area contributed by atoms with Crippen LogP contribution in [0.5, 0.6) is 0 Å². The highest BCUT2D eigenvalue weighted by molar-refractivity contribution is 7.10. The summed E-state index contributed by atoms with van der Waals surface area (Å²) < 4.78 is 5.44. The molecule has 1 N–H and O–H groups in total. The van der Waals surface area contributed by atoms with E-state index in [1.807, 2.05) is 50.8 Å². The SMILES string of the molecule is CCOCCCN(CC(=O)N1CCc2sccc2C1c1ccccc1)C(=O)NC(C)(C)C. The van der Waals surface area contributed by atoms with Crippen LogP contribution in [-0.2, 0) is 16.0 Å². The minimum Gasteiger partial charge on any atom is -0.382 e. The van der Waals surface area contributed by atoms with Gasteiger partial charge in [0.15, 0.2) is 0 Å². The van der Waals surface area contributed by atoms with Crippen LogP contribution in [0.25, 0.3) is 0 Å². The molecular formula is C25H35N3O3S. The highest BCUT2D eigenvalue weighted by Crippen LogP contribution is 2.37. The number of nitrogens with zero attached hydrogens (tertiary/aromatic N) is 2. The van der Waals surface area contributed by atoms with E-state index >= 15 is 0 Å². The summed E-state index contributed by atoms with van der Waals surface area (Å²) in [6, 6.07) is 12.0. The fourth-order valence-electron chi connectivity index (χ4n) is 3.99. The lowest BCUT2D eigenvalue weighted by Crippen LogP contribution is -2.53. The van der Waals surface area contributed by atoms with E-state index in [9.17, 15) is 9.59 Å². The van der Waals surface area contributed by atoms with Gasteiger partial charge in [0.25, 0.3) is 0 Å². The number of hydrogen-bond donors (Lipinski definition) is 1. The van der Waals surface area contributed by atoms with E-state index in [0.29, 0.717) is 32.7 Å². The van der Waals surface area contributed by atoms with Gasteiger partial charge >= 0.3 is 6.03 Å². The van der Waals surface area contributed by atoms with Gasteiger partial charge < -0.3 is 19.9 Å². The number of carbonyl (C=O) groups excluding carboxylic acids is 2. The Morgan fingerprint density at radius 1 is 1.22 bits per heavy atom. The predicted octanol–water partition coefficient (Wildman–Crippen LogP) is 4.46. The molecule has 2 heterocycles. The summed E-state index contributed by atoms with van der Waals surface area (Å²) >= 11 is 1.75. The third-order valence-electron chi connectivity index (χ3n) is 5.42. The van der Waals surface area contributed by atoms with E-state index in [1.165, 1.54) is 10.4 Å². The van der Waals surface area contributed by atoms with E-state index in [2.05, 4.69) is 28.9 Å². The normalized spacial score (nSPS) is 15.9. The summed E-state index contributed by atoms with van der Waals surface area (Å²) in [6.45, 7) is 10.2. The molecular weight excluding hydrogens is 422 g/mol. The van der Waals surface area contributed by atoms with Gasteiger partial charge in [-0.1, -0.05) is 30.3 Å². The summed E-state index contributed by atoms with van der Waals surface area (Å²) in [5.74, 6) is -0.0313. The highest BCUT2D eigenvalue weighted by Gasteiger charge is 2.34. The van der Waals surface area contributed by atoms with E-state index in [4.69, 9.17) is 4.74 Å². The second kappa shape index (κ2) is 11.0. The number of urea groups is 1. The van der Waals surface area contributed by atoms with Crippen LogP contribution in [0.1, 0.15) is 56.2 Å². The fourth-order valence-corrected chi connectivity index (χ4v) is 4.89. The molecule has 0 fully saturated rings. The van der Waals surface area contributed by atoms with Crippen molar-refractivity contribution in [2.75, 3.05) is 32.8 Å². The molecule has 3 rings (SSSR count). The molecule has 32 heavy (non-hydrogen) atoms. The van der Waals surface area contributed by atoms with Gasteiger partial charge in [-0.15, -0.1) is 11.3 Å². The lowest BCUT2D eigenvalue weighted by Gasteiger charge is -2.38. The Labute approximate surface area is 195 Å². The number of thiophene rings is 1. The molecule has 0 bridgehead atoms. The molecule has 0 radical (unpaired) electrons. The molecule has 1 aromatic heterocycles. The summed E-state index contributed by atoms with van der Waals surface area (Å²) in [5, 5.41) is 5.10. The van der Waals surface area contributed by atoms with Crippen molar-refractivity contribution in [2.24, 2.45) is 0 Å². The smallest absolute Gasteiger partial charge is 0.318 e. The molecule has 174 valence electrons. The average Bonchev–Trinajstić information content (AvgIpc) is 3.23. The van der Waals surface area contributed by atoms with E-state index in [1.54, 1.807) is 16.2 Å². The third kappa shape index (κ3) is 6.33. The quantitative estimate of drug-likeness (QED) is 0.596. The van der Waals surface area contributed by atoms with Crippen LogP contribution in [0.4, 0.5) is 4.79 Å². The molecule has 0 aliphatic carbocycles. The Balaban J connectivity index is 1.79. The molecule has 1 atom stereocenters. The van der Waals surface area contributed by atoms with Crippen LogP contribution in [0, 0.1) is 0 Å². The zero-order valence-electron chi connectivity index (χ0n) is 19.6. The summed E-state index contributed by atoms with van der Waals surface area (Å²) in [4.78, 5) is 31.4. The first-order valence-corrected chi connectivity index (χ1v) is 12.2. The Bertz CT molecular complexity index is 891. The van der Waals surface area contributed by atoms with Crippen LogP contribution in [-0.4, -0.2) is 60.1 Å². The number of carbonyl (C=O) groups is 2. The third-order valence-corrected chi connectivity index (χ3v) is 6.41. The van der Waals surface area contributed by atoms with E-state index in [-0.39, 0.29) is 30.1 Å². The van der Waals surface area contributed by atoms with Crippen molar-refractivity contribution in [1.29, 1.82) is 0 Å². The number of amides is 3. The standard InChI is InChI=1S/C25H35N3O3S/c1-5-31-16-9-14-27(24(30)26-25(2,3)4)18-22(29)28-15-12-21-20(13-17-32-21)23(28)19-10-7-6-8-11-19/h6-8,10-11,13,17,23H,5,9,12,14-16,18H2,1-4H3,(H,26,30). The average molecular weight is 458 g/mol. The maximum atomic E-state index is 13.6.